The van der Waals surface area contributed by atoms with Crippen molar-refractivity contribution in [3.05, 3.63) is 24.3 Å². The van der Waals surface area contributed by atoms with Gasteiger partial charge in [-0.05, 0) is 45.2 Å². The number of hydrogen-bond acceptors (Lipinski definition) is 5. The molecule has 4 rings (SSSR count). The van der Waals surface area contributed by atoms with Crippen molar-refractivity contribution in [2.45, 2.75) is 50.6 Å². The molecule has 3 fully saturated rings. The number of amides is 1. The predicted molar refractivity (Wildman–Crippen MR) is 94.0 cm³/mol. The first-order chi connectivity index (χ1) is 12.2. The maximum Gasteiger partial charge on any atom is 0.228 e. The van der Waals surface area contributed by atoms with Gasteiger partial charge in [0.25, 0.3) is 0 Å². The van der Waals surface area contributed by atoms with Gasteiger partial charge in [-0.2, -0.15) is 0 Å². The van der Waals surface area contributed by atoms with E-state index in [0.29, 0.717) is 11.9 Å². The lowest BCUT2D eigenvalue weighted by molar-refractivity contribution is -0.138. The van der Waals surface area contributed by atoms with Crippen LogP contribution in [0.3, 0.4) is 0 Å². The highest BCUT2D eigenvalue weighted by Crippen LogP contribution is 2.45. The van der Waals surface area contributed by atoms with Crippen LogP contribution in [0.2, 0.25) is 0 Å². The van der Waals surface area contributed by atoms with Crippen molar-refractivity contribution in [3.63, 3.8) is 0 Å². The molecule has 1 amide bonds. The minimum Gasteiger partial charge on any atom is -0.381 e. The summed E-state index contributed by atoms with van der Waals surface area (Å²) in [6.07, 6.45) is 11.3. The highest BCUT2D eigenvalue weighted by molar-refractivity contribution is 5.85. The summed E-state index contributed by atoms with van der Waals surface area (Å²) in [7, 11) is 1.96. The smallest absolute Gasteiger partial charge is 0.228 e. The van der Waals surface area contributed by atoms with Crippen molar-refractivity contribution in [1.29, 1.82) is 0 Å². The number of aromatic nitrogens is 2. The summed E-state index contributed by atoms with van der Waals surface area (Å²) in [4.78, 5) is 26.1. The van der Waals surface area contributed by atoms with Crippen molar-refractivity contribution < 1.29 is 9.53 Å². The number of ether oxygens (including phenoxy) is 1. The van der Waals surface area contributed by atoms with Crippen LogP contribution in [-0.2, 0) is 16.0 Å². The third-order valence-electron chi connectivity index (χ3n) is 6.47. The Hall–Kier alpha value is -1.53. The second-order valence-corrected chi connectivity index (χ2v) is 7.83. The first-order valence-electron chi connectivity index (χ1n) is 9.52. The van der Waals surface area contributed by atoms with E-state index in [0.717, 1.165) is 70.5 Å². The van der Waals surface area contributed by atoms with E-state index in [1.165, 1.54) is 0 Å². The van der Waals surface area contributed by atoms with E-state index < -0.39 is 0 Å². The Morgan fingerprint density at radius 2 is 2.00 bits per heavy atom. The maximum atomic E-state index is 13.0. The molecule has 3 aliphatic rings. The Morgan fingerprint density at radius 3 is 2.68 bits per heavy atom. The van der Waals surface area contributed by atoms with Gasteiger partial charge in [-0.3, -0.25) is 14.8 Å². The monoisotopic (exact) mass is 344 g/mol. The van der Waals surface area contributed by atoms with Gasteiger partial charge in [0.05, 0.1) is 11.1 Å². The number of rotatable bonds is 3. The lowest BCUT2D eigenvalue weighted by atomic mass is 9.75. The van der Waals surface area contributed by atoms with Gasteiger partial charge in [-0.15, -0.1) is 0 Å². The first kappa shape index (κ1) is 16.9. The Labute approximate surface area is 149 Å². The number of carbonyl (C=O) groups is 1. The summed E-state index contributed by atoms with van der Waals surface area (Å²) in [5, 5.41) is 0. The van der Waals surface area contributed by atoms with Crippen molar-refractivity contribution in [2.24, 2.45) is 5.41 Å². The molecule has 1 unspecified atom stereocenters. The molecule has 0 bridgehead atoms. The molecular formula is C19H28N4O2. The zero-order chi connectivity index (χ0) is 17.3. The van der Waals surface area contributed by atoms with Gasteiger partial charge >= 0.3 is 0 Å². The van der Waals surface area contributed by atoms with Gasteiger partial charge in [0, 0.05) is 57.4 Å². The van der Waals surface area contributed by atoms with Gasteiger partial charge in [-0.1, -0.05) is 0 Å². The molecule has 6 nitrogen and oxygen atoms in total. The van der Waals surface area contributed by atoms with E-state index >= 15 is 0 Å². The van der Waals surface area contributed by atoms with Crippen LogP contribution in [0.5, 0.6) is 0 Å². The van der Waals surface area contributed by atoms with Crippen molar-refractivity contribution in [2.75, 3.05) is 33.4 Å². The average molecular weight is 344 g/mol. The van der Waals surface area contributed by atoms with Gasteiger partial charge in [0.2, 0.25) is 5.91 Å². The van der Waals surface area contributed by atoms with E-state index in [-0.39, 0.29) is 11.5 Å². The normalized spacial score (nSPS) is 28.0. The quantitative estimate of drug-likeness (QED) is 0.832. The fourth-order valence-electron chi connectivity index (χ4n) is 4.89. The van der Waals surface area contributed by atoms with Crippen LogP contribution in [0.4, 0.5) is 0 Å². The van der Waals surface area contributed by atoms with E-state index in [4.69, 9.17) is 4.74 Å². The van der Waals surface area contributed by atoms with Gasteiger partial charge < -0.3 is 14.5 Å². The average Bonchev–Trinajstić information content (AvgIpc) is 2.89. The molecule has 3 aliphatic heterocycles. The molecule has 0 aromatic carbocycles. The first-order valence-corrected chi connectivity index (χ1v) is 9.52. The zero-order valence-electron chi connectivity index (χ0n) is 15.1. The van der Waals surface area contributed by atoms with Gasteiger partial charge in [-0.25, -0.2) is 0 Å². The molecule has 3 saturated heterocycles. The number of nitrogens with zero attached hydrogens (tertiary/aromatic N) is 4. The molecule has 1 aromatic heterocycles. The Bertz CT molecular complexity index is 595. The molecule has 4 heterocycles. The van der Waals surface area contributed by atoms with Crippen LogP contribution in [0.1, 0.15) is 37.8 Å². The van der Waals surface area contributed by atoms with Crippen LogP contribution in [-0.4, -0.2) is 71.1 Å². The Morgan fingerprint density at radius 1 is 1.24 bits per heavy atom. The topological polar surface area (TPSA) is 58.6 Å². The van der Waals surface area contributed by atoms with Crippen LogP contribution >= 0.6 is 0 Å². The van der Waals surface area contributed by atoms with Crippen LogP contribution < -0.4 is 0 Å². The minimum absolute atomic E-state index is 0.150. The van der Waals surface area contributed by atoms with Crippen molar-refractivity contribution >= 4 is 5.91 Å². The zero-order valence-corrected chi connectivity index (χ0v) is 15.1. The van der Waals surface area contributed by atoms with Gasteiger partial charge in [0.1, 0.15) is 0 Å². The van der Waals surface area contributed by atoms with Crippen molar-refractivity contribution in [3.8, 4) is 0 Å². The summed E-state index contributed by atoms with van der Waals surface area (Å²) < 4.78 is 5.49. The number of hydrogen-bond donors (Lipinski definition) is 0. The number of likely N-dealkylation sites (tertiary alicyclic amines) is 2. The molecule has 1 atom stereocenters. The van der Waals surface area contributed by atoms with E-state index in [2.05, 4.69) is 14.9 Å². The SMILES string of the molecule is CN1C(=O)C2(CCN(C3CCOCC3)CC2)CC1Cc1cnccn1. The molecule has 0 saturated carbocycles. The summed E-state index contributed by atoms with van der Waals surface area (Å²) in [6, 6.07) is 0.898. The highest BCUT2D eigenvalue weighted by Gasteiger charge is 2.51. The van der Waals surface area contributed by atoms with Crippen molar-refractivity contribution in [1.82, 2.24) is 19.8 Å². The van der Waals surface area contributed by atoms with E-state index in [1.807, 2.05) is 18.1 Å². The lowest BCUT2D eigenvalue weighted by Gasteiger charge is -2.42. The predicted octanol–water partition coefficient (Wildman–Crippen LogP) is 1.51. The fourth-order valence-corrected chi connectivity index (χ4v) is 4.89. The molecular weight excluding hydrogens is 316 g/mol. The number of carbonyl (C=O) groups excluding carboxylic acids is 1. The second kappa shape index (κ2) is 7.00. The van der Waals surface area contributed by atoms with Crippen LogP contribution in [0.15, 0.2) is 18.6 Å². The van der Waals surface area contributed by atoms with Crippen LogP contribution in [0, 0.1) is 5.41 Å². The largest absolute Gasteiger partial charge is 0.381 e. The van der Waals surface area contributed by atoms with E-state index in [9.17, 15) is 4.79 Å². The van der Waals surface area contributed by atoms with Crippen LogP contribution in [0.25, 0.3) is 0 Å². The maximum absolute atomic E-state index is 13.0. The molecule has 1 spiro atoms. The lowest BCUT2D eigenvalue weighted by Crippen LogP contribution is -2.49. The summed E-state index contributed by atoms with van der Waals surface area (Å²) in [6.45, 7) is 3.85. The molecule has 0 aliphatic carbocycles. The molecule has 6 heteroatoms. The highest BCUT2D eigenvalue weighted by atomic mass is 16.5. The third kappa shape index (κ3) is 3.29. The number of likely N-dealkylation sites (N-methyl/N-ethyl adjacent to an activating group) is 1. The molecule has 0 N–H and O–H groups in total. The summed E-state index contributed by atoms with van der Waals surface area (Å²) in [5.74, 6) is 0.341. The fraction of sp³-hybridized carbons (Fsp3) is 0.737. The van der Waals surface area contributed by atoms with E-state index in [1.54, 1.807) is 12.4 Å². The third-order valence-corrected chi connectivity index (χ3v) is 6.47. The Kier molecular flexibility index (Phi) is 4.73. The van der Waals surface area contributed by atoms with Gasteiger partial charge in [0.15, 0.2) is 0 Å². The molecule has 1 aromatic rings. The molecule has 25 heavy (non-hydrogen) atoms. The molecule has 0 radical (unpaired) electrons. The summed E-state index contributed by atoms with van der Waals surface area (Å²) >= 11 is 0. The molecule has 136 valence electrons. The summed E-state index contributed by atoms with van der Waals surface area (Å²) in [5.41, 5.74) is 0.826. The number of piperidine rings is 1. The second-order valence-electron chi connectivity index (χ2n) is 7.83. The Balaban J connectivity index is 1.40. The minimum atomic E-state index is -0.150. The standard InChI is InChI=1S/C19H28N4O2/c1-22-17(12-15-14-20-6-7-21-15)13-19(18(22)24)4-8-23(9-5-19)16-2-10-25-11-3-16/h6-7,14,16-17H,2-5,8-13H2,1H3.